The number of hydrogen-bond donors (Lipinski definition) is 0. The van der Waals surface area contributed by atoms with Crippen molar-refractivity contribution in [2.45, 2.75) is 109 Å². The number of ether oxygens (including phenoxy) is 3. The number of hydrogen-bond acceptors (Lipinski definition) is 5. The van der Waals surface area contributed by atoms with Gasteiger partial charge in [-0.15, -0.1) is 0 Å². The fourth-order valence-corrected chi connectivity index (χ4v) is 3.89. The lowest BCUT2D eigenvalue weighted by molar-refractivity contribution is -0.208. The van der Waals surface area contributed by atoms with Crippen molar-refractivity contribution in [3.8, 4) is 0 Å². The number of cyclic esters (lactones) is 1. The lowest BCUT2D eigenvalue weighted by Crippen LogP contribution is -2.38. The van der Waals surface area contributed by atoms with Crippen molar-refractivity contribution in [3.63, 3.8) is 0 Å². The number of Topliss-reactive ketones (excluding diaryl/α,β-unsaturated/α-hetero) is 1. The van der Waals surface area contributed by atoms with E-state index in [-0.39, 0.29) is 49.6 Å². The number of carbonyl (C=O) groups excluding carboxylic acids is 2. The van der Waals surface area contributed by atoms with E-state index < -0.39 is 18.1 Å². The third kappa shape index (κ3) is 7.39. The van der Waals surface area contributed by atoms with Crippen molar-refractivity contribution in [1.82, 2.24) is 0 Å². The van der Waals surface area contributed by atoms with Crippen LogP contribution in [-0.4, -0.2) is 42.8 Å². The average Bonchev–Trinajstić information content (AvgIpc) is 2.65. The molecule has 2 fully saturated rings. The number of alkyl halides is 2. The fourth-order valence-electron chi connectivity index (χ4n) is 3.89. The molecule has 0 radical (unpaired) electrons. The predicted octanol–water partition coefficient (Wildman–Crippen LogP) is 4.80. The van der Waals surface area contributed by atoms with E-state index >= 15 is 0 Å². The molecule has 2 saturated heterocycles. The van der Waals surface area contributed by atoms with Gasteiger partial charge in [-0.2, -0.15) is 8.78 Å². The van der Waals surface area contributed by atoms with Crippen LogP contribution in [0.25, 0.3) is 0 Å². The molecule has 28 heavy (non-hydrogen) atoms. The summed E-state index contributed by atoms with van der Waals surface area (Å²) in [6, 6.07) is 0. The first-order valence-electron chi connectivity index (χ1n) is 10.7. The van der Waals surface area contributed by atoms with Crippen LogP contribution in [-0.2, 0) is 23.8 Å². The Labute approximate surface area is 166 Å². The van der Waals surface area contributed by atoms with Crippen LogP contribution in [0.4, 0.5) is 8.78 Å². The zero-order chi connectivity index (χ0) is 20.6. The molecule has 0 aromatic heterocycles. The Bertz CT molecular complexity index is 505. The molecular weight excluding hydrogens is 370 g/mol. The number of unbranched alkanes of at least 4 members (excludes halogenated alkanes) is 1. The zero-order valence-electron chi connectivity index (χ0n) is 17.1. The molecule has 2 rings (SSSR count). The summed E-state index contributed by atoms with van der Waals surface area (Å²) in [5.74, 6) is -4.71. The Balaban J connectivity index is 1.99. The number of rotatable bonds is 9. The van der Waals surface area contributed by atoms with Gasteiger partial charge >= 0.3 is 11.9 Å². The van der Waals surface area contributed by atoms with Gasteiger partial charge in [-0.3, -0.25) is 9.59 Å². The molecular formula is C21H34F2O5. The lowest BCUT2D eigenvalue weighted by atomic mass is 9.86. The highest BCUT2D eigenvalue weighted by atomic mass is 19.3. The first kappa shape index (κ1) is 23.2. The molecule has 0 spiro atoms. The second-order valence-corrected chi connectivity index (χ2v) is 8.08. The predicted molar refractivity (Wildman–Crippen MR) is 100 cm³/mol. The molecule has 0 aromatic carbocycles. The maximum atomic E-state index is 14.0. The smallest absolute Gasteiger partial charge is 0.306 e. The minimum absolute atomic E-state index is 0.147. The molecule has 162 valence electrons. The summed E-state index contributed by atoms with van der Waals surface area (Å²) in [7, 11) is 0. The Hall–Kier alpha value is -1.08. The van der Waals surface area contributed by atoms with E-state index in [0.29, 0.717) is 32.3 Å². The number of esters is 1. The van der Waals surface area contributed by atoms with Gasteiger partial charge in [0.1, 0.15) is 6.10 Å². The summed E-state index contributed by atoms with van der Waals surface area (Å²) in [6.45, 7) is 4.28. The largest absolute Gasteiger partial charge is 0.463 e. The van der Waals surface area contributed by atoms with Crippen molar-refractivity contribution in [2.24, 2.45) is 5.92 Å². The van der Waals surface area contributed by atoms with Gasteiger partial charge in [0.05, 0.1) is 6.10 Å². The quantitative estimate of drug-likeness (QED) is 0.516. The number of ketones is 1. The van der Waals surface area contributed by atoms with Crippen molar-refractivity contribution >= 4 is 11.8 Å². The topological polar surface area (TPSA) is 61.8 Å². The van der Waals surface area contributed by atoms with Crippen LogP contribution in [0.15, 0.2) is 0 Å². The highest BCUT2D eigenvalue weighted by Crippen LogP contribution is 2.32. The minimum Gasteiger partial charge on any atom is -0.463 e. The van der Waals surface area contributed by atoms with Crippen LogP contribution in [0.5, 0.6) is 0 Å². The first-order chi connectivity index (χ1) is 13.3. The van der Waals surface area contributed by atoms with Crippen LogP contribution in [0, 0.1) is 5.92 Å². The maximum Gasteiger partial charge on any atom is 0.306 e. The molecule has 0 N–H and O–H groups in total. The third-order valence-electron chi connectivity index (χ3n) is 5.60. The molecule has 7 heteroatoms. The Morgan fingerprint density at radius 2 is 2.07 bits per heavy atom. The molecule has 4 atom stereocenters. The standard InChI is InChI=1S/C21H34F2O5/c1-3-4-12-21(22,23)18(24)10-8-16-9-11-19(25)27-15(2)14-17(16)28-20-7-5-6-13-26-20/h15-17,20H,3-14H2,1-2H3/t15-,16-,17-,20?/m1/s1. The van der Waals surface area contributed by atoms with Gasteiger partial charge in [-0.1, -0.05) is 13.3 Å². The molecule has 0 amide bonds. The molecule has 0 saturated carbocycles. The van der Waals surface area contributed by atoms with Crippen LogP contribution >= 0.6 is 0 Å². The van der Waals surface area contributed by atoms with E-state index in [1.165, 1.54) is 0 Å². The van der Waals surface area contributed by atoms with Gasteiger partial charge in [-0.05, 0) is 51.4 Å². The van der Waals surface area contributed by atoms with Gasteiger partial charge in [0, 0.05) is 32.3 Å². The van der Waals surface area contributed by atoms with E-state index in [0.717, 1.165) is 19.3 Å². The van der Waals surface area contributed by atoms with Crippen molar-refractivity contribution in [2.75, 3.05) is 6.61 Å². The molecule has 2 aliphatic rings. The maximum absolute atomic E-state index is 14.0. The summed E-state index contributed by atoms with van der Waals surface area (Å²) in [6.07, 6.45) is 3.73. The second kappa shape index (κ2) is 11.2. The van der Waals surface area contributed by atoms with Crippen LogP contribution in [0.3, 0.4) is 0 Å². The molecule has 1 unspecified atom stereocenters. The zero-order valence-corrected chi connectivity index (χ0v) is 17.1. The van der Waals surface area contributed by atoms with E-state index in [1.807, 2.05) is 13.8 Å². The van der Waals surface area contributed by atoms with Gasteiger partial charge in [0.15, 0.2) is 6.29 Å². The number of carbonyl (C=O) groups is 2. The highest BCUT2D eigenvalue weighted by molar-refractivity contribution is 5.85. The lowest BCUT2D eigenvalue weighted by Gasteiger charge is -2.35. The van der Waals surface area contributed by atoms with E-state index in [1.54, 1.807) is 0 Å². The van der Waals surface area contributed by atoms with Crippen molar-refractivity contribution in [1.29, 1.82) is 0 Å². The van der Waals surface area contributed by atoms with E-state index in [9.17, 15) is 18.4 Å². The van der Waals surface area contributed by atoms with Crippen LogP contribution in [0.1, 0.15) is 84.5 Å². The van der Waals surface area contributed by atoms with E-state index in [4.69, 9.17) is 14.2 Å². The molecule has 0 aromatic rings. The fraction of sp³-hybridized carbons (Fsp3) is 0.905. The average molecular weight is 404 g/mol. The van der Waals surface area contributed by atoms with Crippen molar-refractivity contribution < 1.29 is 32.6 Å². The summed E-state index contributed by atoms with van der Waals surface area (Å²) in [5.41, 5.74) is 0. The summed E-state index contributed by atoms with van der Waals surface area (Å²) in [5, 5.41) is 0. The molecule has 0 aliphatic carbocycles. The molecule has 2 heterocycles. The molecule has 2 aliphatic heterocycles. The van der Waals surface area contributed by atoms with Gasteiger partial charge < -0.3 is 14.2 Å². The SMILES string of the molecule is CCCCC(F)(F)C(=O)CC[C@@H]1CCC(=O)O[C@H](C)C[C@H]1OC1CCCCO1. The Kier molecular flexibility index (Phi) is 9.28. The minimum atomic E-state index is -3.27. The van der Waals surface area contributed by atoms with Gasteiger partial charge in [0.2, 0.25) is 5.78 Å². The summed E-state index contributed by atoms with van der Waals surface area (Å²) >= 11 is 0. The summed E-state index contributed by atoms with van der Waals surface area (Å²) in [4.78, 5) is 23.9. The van der Waals surface area contributed by atoms with Gasteiger partial charge in [-0.25, -0.2) is 0 Å². The van der Waals surface area contributed by atoms with E-state index in [2.05, 4.69) is 0 Å². The molecule has 0 bridgehead atoms. The monoisotopic (exact) mass is 404 g/mol. The van der Waals surface area contributed by atoms with Crippen molar-refractivity contribution in [3.05, 3.63) is 0 Å². The number of halogens is 2. The summed E-state index contributed by atoms with van der Waals surface area (Å²) < 4.78 is 45.2. The Morgan fingerprint density at radius 3 is 2.75 bits per heavy atom. The highest BCUT2D eigenvalue weighted by Gasteiger charge is 2.38. The second-order valence-electron chi connectivity index (χ2n) is 8.08. The Morgan fingerprint density at radius 1 is 1.29 bits per heavy atom. The van der Waals surface area contributed by atoms with Crippen LogP contribution < -0.4 is 0 Å². The molecule has 5 nitrogen and oxygen atoms in total. The first-order valence-corrected chi connectivity index (χ1v) is 10.7. The third-order valence-corrected chi connectivity index (χ3v) is 5.60. The van der Waals surface area contributed by atoms with Gasteiger partial charge in [0.25, 0.3) is 0 Å². The van der Waals surface area contributed by atoms with Crippen LogP contribution in [0.2, 0.25) is 0 Å². The normalized spacial score (nSPS) is 29.6.